The van der Waals surface area contributed by atoms with Crippen molar-refractivity contribution in [2.45, 2.75) is 6.92 Å². The van der Waals surface area contributed by atoms with Crippen molar-refractivity contribution < 1.29 is 13.9 Å². The molecule has 0 aliphatic heterocycles. The van der Waals surface area contributed by atoms with Gasteiger partial charge in [0, 0.05) is 10.6 Å². The van der Waals surface area contributed by atoms with Crippen LogP contribution in [0.2, 0.25) is 5.02 Å². The number of hydrogen-bond donors (Lipinski definition) is 1. The molecule has 0 spiro atoms. The number of benzene rings is 2. The highest BCUT2D eigenvalue weighted by atomic mass is 79.9. The van der Waals surface area contributed by atoms with Gasteiger partial charge in [-0.05, 0) is 53.2 Å². The van der Waals surface area contributed by atoms with Gasteiger partial charge in [0.05, 0.1) is 16.8 Å². The SMILES string of the molecule is CCOc1c(Br)cc(Cl)cc1NC(=O)c1cccc(F)c1. The molecule has 2 rings (SSSR count). The summed E-state index contributed by atoms with van der Waals surface area (Å²) in [5, 5.41) is 3.12. The van der Waals surface area contributed by atoms with Crippen LogP contribution < -0.4 is 10.1 Å². The quantitative estimate of drug-likeness (QED) is 0.829. The molecule has 2 aromatic rings. The van der Waals surface area contributed by atoms with E-state index in [-0.39, 0.29) is 5.56 Å². The first-order chi connectivity index (χ1) is 10.0. The molecule has 0 aliphatic carbocycles. The minimum Gasteiger partial charge on any atom is -0.491 e. The molecule has 0 aromatic heterocycles. The van der Waals surface area contributed by atoms with Crippen LogP contribution in [0, 0.1) is 5.82 Å². The Bertz CT molecular complexity index is 679. The second kappa shape index (κ2) is 6.91. The Morgan fingerprint density at radius 2 is 2.14 bits per heavy atom. The monoisotopic (exact) mass is 371 g/mol. The van der Waals surface area contributed by atoms with Crippen LogP contribution in [0.25, 0.3) is 0 Å². The summed E-state index contributed by atoms with van der Waals surface area (Å²) in [4.78, 5) is 12.2. The minimum absolute atomic E-state index is 0.216. The maximum atomic E-state index is 13.2. The summed E-state index contributed by atoms with van der Waals surface area (Å²) < 4.78 is 19.3. The lowest BCUT2D eigenvalue weighted by atomic mass is 10.2. The van der Waals surface area contributed by atoms with Crippen LogP contribution in [-0.2, 0) is 0 Å². The van der Waals surface area contributed by atoms with Crippen molar-refractivity contribution in [1.29, 1.82) is 0 Å². The largest absolute Gasteiger partial charge is 0.491 e. The van der Waals surface area contributed by atoms with Crippen molar-refractivity contribution in [1.82, 2.24) is 0 Å². The van der Waals surface area contributed by atoms with E-state index in [1.54, 1.807) is 12.1 Å². The number of nitrogens with one attached hydrogen (secondary N) is 1. The molecule has 2 aromatic carbocycles. The third-order valence-electron chi connectivity index (χ3n) is 2.63. The average molecular weight is 373 g/mol. The first kappa shape index (κ1) is 15.8. The molecule has 0 heterocycles. The fourth-order valence-electron chi connectivity index (χ4n) is 1.77. The van der Waals surface area contributed by atoms with Crippen molar-refractivity contribution in [2.24, 2.45) is 0 Å². The molecule has 0 saturated heterocycles. The molecule has 0 unspecified atom stereocenters. The van der Waals surface area contributed by atoms with Crippen LogP contribution in [0.1, 0.15) is 17.3 Å². The van der Waals surface area contributed by atoms with Crippen molar-refractivity contribution >= 4 is 39.1 Å². The van der Waals surface area contributed by atoms with Gasteiger partial charge in [-0.2, -0.15) is 0 Å². The number of carbonyl (C=O) groups is 1. The average Bonchev–Trinajstić information content (AvgIpc) is 2.42. The molecule has 6 heteroatoms. The van der Waals surface area contributed by atoms with Crippen molar-refractivity contribution in [3.05, 3.63) is 57.3 Å². The minimum atomic E-state index is -0.472. The van der Waals surface area contributed by atoms with Crippen molar-refractivity contribution in [2.75, 3.05) is 11.9 Å². The van der Waals surface area contributed by atoms with Crippen LogP contribution >= 0.6 is 27.5 Å². The Morgan fingerprint density at radius 1 is 1.38 bits per heavy atom. The zero-order chi connectivity index (χ0) is 15.4. The highest BCUT2D eigenvalue weighted by Crippen LogP contribution is 2.36. The van der Waals surface area contributed by atoms with Crippen LogP contribution in [0.4, 0.5) is 10.1 Å². The number of carbonyl (C=O) groups excluding carboxylic acids is 1. The number of halogens is 3. The molecule has 21 heavy (non-hydrogen) atoms. The molecule has 3 nitrogen and oxygen atoms in total. The Kier molecular flexibility index (Phi) is 5.20. The Morgan fingerprint density at radius 3 is 2.81 bits per heavy atom. The smallest absolute Gasteiger partial charge is 0.255 e. The maximum Gasteiger partial charge on any atom is 0.255 e. The van der Waals surface area contributed by atoms with E-state index in [0.717, 1.165) is 6.07 Å². The Labute approximate surface area is 135 Å². The summed E-state index contributed by atoms with van der Waals surface area (Å²) in [6, 6.07) is 8.69. The summed E-state index contributed by atoms with van der Waals surface area (Å²) in [6.07, 6.45) is 0. The van der Waals surface area contributed by atoms with E-state index in [1.807, 2.05) is 6.92 Å². The van der Waals surface area contributed by atoms with Gasteiger partial charge in [0.15, 0.2) is 5.75 Å². The van der Waals surface area contributed by atoms with Crippen LogP contribution in [0.3, 0.4) is 0 Å². The molecule has 1 amide bonds. The zero-order valence-electron chi connectivity index (χ0n) is 11.1. The normalized spacial score (nSPS) is 10.3. The summed E-state index contributed by atoms with van der Waals surface area (Å²) in [7, 11) is 0. The molecule has 0 bridgehead atoms. The van der Waals surface area contributed by atoms with Crippen LogP contribution in [0.5, 0.6) is 5.75 Å². The van der Waals surface area contributed by atoms with E-state index in [9.17, 15) is 9.18 Å². The number of rotatable bonds is 4. The third kappa shape index (κ3) is 3.95. The van der Waals surface area contributed by atoms with E-state index in [1.165, 1.54) is 18.2 Å². The van der Waals surface area contributed by atoms with E-state index in [2.05, 4.69) is 21.2 Å². The predicted molar refractivity (Wildman–Crippen MR) is 84.7 cm³/mol. The lowest BCUT2D eigenvalue weighted by Gasteiger charge is -2.14. The van der Waals surface area contributed by atoms with Crippen molar-refractivity contribution in [3.8, 4) is 5.75 Å². The zero-order valence-corrected chi connectivity index (χ0v) is 13.5. The summed E-state index contributed by atoms with van der Waals surface area (Å²) >= 11 is 9.32. The van der Waals surface area contributed by atoms with Gasteiger partial charge in [-0.3, -0.25) is 4.79 Å². The molecule has 1 N–H and O–H groups in total. The van der Waals surface area contributed by atoms with E-state index in [0.29, 0.717) is 27.5 Å². The van der Waals surface area contributed by atoms with E-state index >= 15 is 0 Å². The lowest BCUT2D eigenvalue weighted by molar-refractivity contribution is 0.102. The third-order valence-corrected chi connectivity index (χ3v) is 3.44. The maximum absolute atomic E-state index is 13.2. The molecule has 110 valence electrons. The van der Waals surface area contributed by atoms with Gasteiger partial charge in [0.1, 0.15) is 5.82 Å². The highest BCUT2D eigenvalue weighted by Gasteiger charge is 2.14. The van der Waals surface area contributed by atoms with Gasteiger partial charge in [0.2, 0.25) is 0 Å². The number of amides is 1. The first-order valence-corrected chi connectivity index (χ1v) is 7.37. The molecule has 0 saturated carbocycles. The van der Waals surface area contributed by atoms with Gasteiger partial charge in [-0.1, -0.05) is 17.7 Å². The van der Waals surface area contributed by atoms with Gasteiger partial charge in [-0.15, -0.1) is 0 Å². The fourth-order valence-corrected chi connectivity index (χ4v) is 2.69. The predicted octanol–water partition coefficient (Wildman–Crippen LogP) is 4.89. The van der Waals surface area contributed by atoms with Crippen LogP contribution in [0.15, 0.2) is 40.9 Å². The van der Waals surface area contributed by atoms with Gasteiger partial charge in [0.25, 0.3) is 5.91 Å². The Hall–Kier alpha value is -1.59. The van der Waals surface area contributed by atoms with E-state index < -0.39 is 11.7 Å². The molecule has 0 fully saturated rings. The van der Waals surface area contributed by atoms with Crippen LogP contribution in [-0.4, -0.2) is 12.5 Å². The second-order valence-corrected chi connectivity index (χ2v) is 5.45. The second-order valence-electron chi connectivity index (χ2n) is 4.16. The molecular weight excluding hydrogens is 361 g/mol. The standard InChI is InChI=1S/C15H12BrClFNO2/c1-2-21-14-12(16)7-10(17)8-13(14)19-15(20)9-4-3-5-11(18)6-9/h3-8H,2H2,1H3,(H,19,20). The summed E-state index contributed by atoms with van der Waals surface area (Å²) in [5.41, 5.74) is 0.638. The molecular formula is C15H12BrClFNO2. The molecule has 0 aliphatic rings. The fraction of sp³-hybridized carbons (Fsp3) is 0.133. The Balaban J connectivity index is 2.32. The van der Waals surface area contributed by atoms with Crippen molar-refractivity contribution in [3.63, 3.8) is 0 Å². The van der Waals surface area contributed by atoms with Gasteiger partial charge in [-0.25, -0.2) is 4.39 Å². The first-order valence-electron chi connectivity index (χ1n) is 6.20. The molecule has 0 radical (unpaired) electrons. The number of hydrogen-bond acceptors (Lipinski definition) is 2. The topological polar surface area (TPSA) is 38.3 Å². The molecule has 0 atom stereocenters. The number of anilines is 1. The summed E-state index contributed by atoms with van der Waals surface area (Å²) in [5.74, 6) is -0.434. The lowest BCUT2D eigenvalue weighted by Crippen LogP contribution is -2.13. The van der Waals surface area contributed by atoms with Gasteiger partial charge >= 0.3 is 0 Å². The number of ether oxygens (including phenoxy) is 1. The summed E-state index contributed by atoms with van der Waals surface area (Å²) in [6.45, 7) is 2.27. The highest BCUT2D eigenvalue weighted by molar-refractivity contribution is 9.10. The van der Waals surface area contributed by atoms with Gasteiger partial charge < -0.3 is 10.1 Å². The van der Waals surface area contributed by atoms with E-state index in [4.69, 9.17) is 16.3 Å².